The van der Waals surface area contributed by atoms with Crippen LogP contribution in [0.25, 0.3) is 0 Å². The van der Waals surface area contributed by atoms with Crippen molar-refractivity contribution in [3.63, 3.8) is 0 Å². The Morgan fingerprint density at radius 3 is 2.27 bits per heavy atom. The predicted molar refractivity (Wildman–Crippen MR) is 76.1 cm³/mol. The lowest BCUT2D eigenvalue weighted by atomic mass is 10.1. The molecule has 0 saturated heterocycles. The van der Waals surface area contributed by atoms with E-state index in [9.17, 15) is 24.8 Å². The molecule has 3 N–H and O–H groups in total. The van der Waals surface area contributed by atoms with E-state index >= 15 is 0 Å². The molecule has 1 amide bonds. The number of amides is 1. The number of phenols is 1. The zero-order chi connectivity index (χ0) is 16.3. The number of non-ortho nitro benzene ring substituents is 1. The van der Waals surface area contributed by atoms with E-state index in [1.807, 2.05) is 0 Å². The van der Waals surface area contributed by atoms with E-state index in [4.69, 9.17) is 5.11 Å². The molecule has 2 rings (SSSR count). The van der Waals surface area contributed by atoms with Gasteiger partial charge in [-0.1, -0.05) is 0 Å². The molecule has 0 aliphatic carbocycles. The van der Waals surface area contributed by atoms with Crippen LogP contribution < -0.4 is 5.32 Å². The number of aromatic hydroxyl groups is 1. The van der Waals surface area contributed by atoms with Crippen LogP contribution in [0, 0.1) is 10.1 Å². The Bertz CT molecular complexity index is 754. The number of nitro groups is 1. The average Bonchev–Trinajstić information content (AvgIpc) is 2.49. The molecule has 2 aromatic carbocycles. The molecule has 0 fully saturated rings. The minimum atomic E-state index is -1.33. The molecule has 0 atom stereocenters. The summed E-state index contributed by atoms with van der Waals surface area (Å²) >= 11 is 0. The monoisotopic (exact) mass is 302 g/mol. The normalized spacial score (nSPS) is 10.0. The number of anilines is 1. The third kappa shape index (κ3) is 3.18. The first-order chi connectivity index (χ1) is 10.4. The first kappa shape index (κ1) is 15.0. The Morgan fingerprint density at radius 2 is 1.73 bits per heavy atom. The summed E-state index contributed by atoms with van der Waals surface area (Å²) < 4.78 is 0. The number of nitrogens with zero attached hydrogens (tertiary/aromatic N) is 1. The highest BCUT2D eigenvalue weighted by molar-refractivity contribution is 6.05. The number of carboxylic acids is 1. The van der Waals surface area contributed by atoms with E-state index in [1.165, 1.54) is 30.3 Å². The second-order valence-electron chi connectivity index (χ2n) is 4.30. The van der Waals surface area contributed by atoms with Gasteiger partial charge in [0.1, 0.15) is 11.3 Å². The van der Waals surface area contributed by atoms with Gasteiger partial charge in [-0.3, -0.25) is 14.9 Å². The molecule has 22 heavy (non-hydrogen) atoms. The molecule has 0 spiro atoms. The number of hydrogen-bond acceptors (Lipinski definition) is 5. The van der Waals surface area contributed by atoms with Crippen LogP contribution in [0.3, 0.4) is 0 Å². The zero-order valence-electron chi connectivity index (χ0n) is 11.0. The minimum absolute atomic E-state index is 0.144. The van der Waals surface area contributed by atoms with Gasteiger partial charge in [-0.25, -0.2) is 4.79 Å². The number of carbonyl (C=O) groups excluding carboxylic acids is 1. The van der Waals surface area contributed by atoms with Crippen LogP contribution in [0.2, 0.25) is 0 Å². The smallest absolute Gasteiger partial charge is 0.339 e. The van der Waals surface area contributed by atoms with E-state index in [1.54, 1.807) is 0 Å². The van der Waals surface area contributed by atoms with E-state index in [0.29, 0.717) is 0 Å². The summed E-state index contributed by atoms with van der Waals surface area (Å²) in [6.07, 6.45) is 0. The summed E-state index contributed by atoms with van der Waals surface area (Å²) in [5.74, 6) is -2.30. The number of nitrogens with one attached hydrogen (secondary N) is 1. The molecule has 0 radical (unpaired) electrons. The molecule has 8 nitrogen and oxygen atoms in total. The summed E-state index contributed by atoms with van der Waals surface area (Å²) in [5.41, 5.74) is -0.134. The van der Waals surface area contributed by atoms with Gasteiger partial charge in [0.2, 0.25) is 0 Å². The topological polar surface area (TPSA) is 130 Å². The number of carbonyl (C=O) groups is 2. The lowest BCUT2D eigenvalue weighted by molar-refractivity contribution is -0.384. The molecule has 2 aromatic rings. The number of aromatic carboxylic acids is 1. The van der Waals surface area contributed by atoms with Crippen LogP contribution in [-0.2, 0) is 0 Å². The number of rotatable bonds is 4. The van der Waals surface area contributed by atoms with Crippen LogP contribution in [0.5, 0.6) is 5.75 Å². The van der Waals surface area contributed by atoms with Crippen LogP contribution in [0.1, 0.15) is 20.7 Å². The Labute approximate surface area is 123 Å². The first-order valence-corrected chi connectivity index (χ1v) is 6.00. The second kappa shape index (κ2) is 5.92. The third-order valence-corrected chi connectivity index (χ3v) is 2.83. The Balaban J connectivity index is 2.20. The van der Waals surface area contributed by atoms with Crippen molar-refractivity contribution in [2.75, 3.05) is 5.32 Å². The van der Waals surface area contributed by atoms with Crippen LogP contribution >= 0.6 is 0 Å². The standard InChI is InChI=1S/C14H10N2O6/c17-12-6-3-9(7-11(12)14(19)20)15-13(18)8-1-4-10(5-2-8)16(21)22/h1-7,17H,(H,15,18)(H,19,20). The van der Waals surface area contributed by atoms with Gasteiger partial charge in [-0.15, -0.1) is 0 Å². The summed E-state index contributed by atoms with van der Waals surface area (Å²) in [6, 6.07) is 8.54. The number of hydrogen-bond donors (Lipinski definition) is 3. The zero-order valence-corrected chi connectivity index (χ0v) is 11.0. The fraction of sp³-hybridized carbons (Fsp3) is 0. The van der Waals surface area contributed by atoms with Gasteiger partial charge < -0.3 is 15.5 Å². The van der Waals surface area contributed by atoms with E-state index in [0.717, 1.165) is 12.1 Å². The maximum absolute atomic E-state index is 12.0. The number of benzene rings is 2. The quantitative estimate of drug-likeness (QED) is 0.451. The van der Waals surface area contributed by atoms with Crippen molar-refractivity contribution in [2.45, 2.75) is 0 Å². The highest BCUT2D eigenvalue weighted by atomic mass is 16.6. The molecule has 0 heterocycles. The summed E-state index contributed by atoms with van der Waals surface area (Å²) in [7, 11) is 0. The van der Waals surface area contributed by atoms with E-state index < -0.39 is 22.5 Å². The van der Waals surface area contributed by atoms with Gasteiger partial charge in [-0.2, -0.15) is 0 Å². The average molecular weight is 302 g/mol. The Hall–Kier alpha value is -3.42. The highest BCUT2D eigenvalue weighted by Crippen LogP contribution is 2.22. The van der Waals surface area contributed by atoms with Crippen LogP contribution in [-0.4, -0.2) is 27.0 Å². The number of carboxylic acid groups (broad SMARTS) is 1. The molecule has 0 aliphatic heterocycles. The molecular weight excluding hydrogens is 292 g/mol. The van der Waals surface area contributed by atoms with Gasteiger partial charge >= 0.3 is 5.97 Å². The fourth-order valence-electron chi connectivity index (χ4n) is 1.72. The summed E-state index contributed by atoms with van der Waals surface area (Å²) in [5, 5.41) is 31.2. The molecule has 0 unspecified atom stereocenters. The second-order valence-corrected chi connectivity index (χ2v) is 4.30. The Kier molecular flexibility index (Phi) is 4.03. The van der Waals surface area contributed by atoms with Crippen molar-refractivity contribution in [1.29, 1.82) is 0 Å². The van der Waals surface area contributed by atoms with Crippen molar-refractivity contribution < 1.29 is 24.7 Å². The number of nitro benzene ring substituents is 1. The lowest BCUT2D eigenvalue weighted by Gasteiger charge is -2.07. The fourth-order valence-corrected chi connectivity index (χ4v) is 1.72. The maximum Gasteiger partial charge on any atom is 0.339 e. The molecule has 112 valence electrons. The van der Waals surface area contributed by atoms with Crippen LogP contribution in [0.15, 0.2) is 42.5 Å². The molecule has 0 aliphatic rings. The lowest BCUT2D eigenvalue weighted by Crippen LogP contribution is -2.12. The highest BCUT2D eigenvalue weighted by Gasteiger charge is 2.13. The van der Waals surface area contributed by atoms with Gasteiger partial charge in [0.05, 0.1) is 4.92 Å². The van der Waals surface area contributed by atoms with Crippen molar-refractivity contribution >= 4 is 23.3 Å². The molecular formula is C14H10N2O6. The van der Waals surface area contributed by atoms with Crippen LogP contribution in [0.4, 0.5) is 11.4 Å². The summed E-state index contributed by atoms with van der Waals surface area (Å²) in [4.78, 5) is 32.8. The molecule has 0 aromatic heterocycles. The van der Waals surface area contributed by atoms with Gasteiger partial charge in [0, 0.05) is 23.4 Å². The first-order valence-electron chi connectivity index (χ1n) is 6.00. The van der Waals surface area contributed by atoms with Crippen molar-refractivity contribution in [1.82, 2.24) is 0 Å². The van der Waals surface area contributed by atoms with Crippen molar-refractivity contribution in [3.05, 3.63) is 63.7 Å². The minimum Gasteiger partial charge on any atom is -0.507 e. The SMILES string of the molecule is O=C(Nc1ccc(O)c(C(=O)O)c1)c1ccc([N+](=O)[O-])cc1. The van der Waals surface area contributed by atoms with Crippen molar-refractivity contribution in [3.8, 4) is 5.75 Å². The van der Waals surface area contributed by atoms with Gasteiger partial charge in [-0.05, 0) is 30.3 Å². The summed E-state index contributed by atoms with van der Waals surface area (Å²) in [6.45, 7) is 0. The molecule has 0 bridgehead atoms. The largest absolute Gasteiger partial charge is 0.507 e. The van der Waals surface area contributed by atoms with Crippen molar-refractivity contribution in [2.24, 2.45) is 0 Å². The Morgan fingerprint density at radius 1 is 1.09 bits per heavy atom. The molecule has 8 heteroatoms. The predicted octanol–water partition coefficient (Wildman–Crippen LogP) is 2.25. The third-order valence-electron chi connectivity index (χ3n) is 2.83. The van der Waals surface area contributed by atoms with E-state index in [-0.39, 0.29) is 22.5 Å². The maximum atomic E-state index is 12.0. The van der Waals surface area contributed by atoms with Gasteiger partial charge in [0.15, 0.2) is 0 Å². The van der Waals surface area contributed by atoms with Gasteiger partial charge in [0.25, 0.3) is 11.6 Å². The van der Waals surface area contributed by atoms with E-state index in [2.05, 4.69) is 5.32 Å². The molecule has 0 saturated carbocycles.